The van der Waals surface area contributed by atoms with Crippen LogP contribution in [0.4, 0.5) is 4.79 Å². The van der Waals surface area contributed by atoms with Crippen LogP contribution in [0.2, 0.25) is 0 Å². The van der Waals surface area contributed by atoms with Crippen molar-refractivity contribution >= 4 is 6.03 Å². The molecule has 4 nitrogen and oxygen atoms in total. The summed E-state index contributed by atoms with van der Waals surface area (Å²) in [7, 11) is 1.64. The number of rotatable bonds is 6. The largest absolute Gasteiger partial charge is 0.383 e. The van der Waals surface area contributed by atoms with Gasteiger partial charge in [-0.1, -0.05) is 6.92 Å². The summed E-state index contributed by atoms with van der Waals surface area (Å²) < 4.78 is 4.91. The lowest BCUT2D eigenvalue weighted by Crippen LogP contribution is -2.41. The molecule has 0 aromatic heterocycles. The van der Waals surface area contributed by atoms with E-state index in [1.165, 1.54) is 0 Å². The number of nitrogens with zero attached hydrogens (tertiary/aromatic N) is 1. The standard InChI is InChI=1S/C9H20N2O2/c1-4-6-10-9(12)11(5-2)7-8-13-3/h4-8H2,1-3H3,(H,10,12). The predicted molar refractivity (Wildman–Crippen MR) is 52.8 cm³/mol. The third-order valence-corrected chi connectivity index (χ3v) is 1.76. The highest BCUT2D eigenvalue weighted by molar-refractivity contribution is 5.74. The van der Waals surface area contributed by atoms with Gasteiger partial charge >= 0.3 is 6.03 Å². The normalized spacial score (nSPS) is 9.77. The number of methoxy groups -OCH3 is 1. The highest BCUT2D eigenvalue weighted by Gasteiger charge is 2.08. The molecule has 0 fully saturated rings. The number of carbonyl (C=O) groups excluding carboxylic acids is 1. The summed E-state index contributed by atoms with van der Waals surface area (Å²) >= 11 is 0. The molecule has 0 aliphatic carbocycles. The highest BCUT2D eigenvalue weighted by atomic mass is 16.5. The lowest BCUT2D eigenvalue weighted by atomic mass is 10.4. The van der Waals surface area contributed by atoms with Gasteiger partial charge in [-0.3, -0.25) is 0 Å². The van der Waals surface area contributed by atoms with Crippen LogP contribution in [0.3, 0.4) is 0 Å². The third-order valence-electron chi connectivity index (χ3n) is 1.76. The zero-order valence-corrected chi connectivity index (χ0v) is 8.80. The van der Waals surface area contributed by atoms with Crippen LogP contribution in [0.25, 0.3) is 0 Å². The zero-order valence-electron chi connectivity index (χ0n) is 8.80. The summed E-state index contributed by atoms with van der Waals surface area (Å²) in [6, 6.07) is 0.00130. The minimum atomic E-state index is 0.00130. The second-order valence-electron chi connectivity index (χ2n) is 2.80. The van der Waals surface area contributed by atoms with Crippen LogP contribution in [0.1, 0.15) is 20.3 Å². The molecular formula is C9H20N2O2. The van der Waals surface area contributed by atoms with Crippen molar-refractivity contribution in [2.24, 2.45) is 0 Å². The number of amides is 2. The summed E-state index contributed by atoms with van der Waals surface area (Å²) in [4.78, 5) is 13.1. The molecule has 0 radical (unpaired) electrons. The molecular weight excluding hydrogens is 168 g/mol. The van der Waals surface area contributed by atoms with Gasteiger partial charge in [-0.2, -0.15) is 0 Å². The van der Waals surface area contributed by atoms with E-state index in [0.29, 0.717) is 13.2 Å². The van der Waals surface area contributed by atoms with Crippen molar-refractivity contribution in [1.29, 1.82) is 0 Å². The van der Waals surface area contributed by atoms with Crippen LogP contribution >= 0.6 is 0 Å². The number of hydrogen-bond donors (Lipinski definition) is 1. The maximum absolute atomic E-state index is 11.4. The Morgan fingerprint density at radius 3 is 2.62 bits per heavy atom. The zero-order chi connectivity index (χ0) is 10.1. The monoisotopic (exact) mass is 188 g/mol. The Kier molecular flexibility index (Phi) is 7.39. The van der Waals surface area contributed by atoms with Crippen LogP contribution in [0.5, 0.6) is 0 Å². The van der Waals surface area contributed by atoms with Gasteiger partial charge in [-0.05, 0) is 13.3 Å². The number of nitrogens with one attached hydrogen (secondary N) is 1. The number of carbonyl (C=O) groups is 1. The first-order chi connectivity index (χ1) is 6.26. The van der Waals surface area contributed by atoms with Crippen LogP contribution < -0.4 is 5.32 Å². The van der Waals surface area contributed by atoms with Gasteiger partial charge in [0.2, 0.25) is 0 Å². The Balaban J connectivity index is 3.71. The van der Waals surface area contributed by atoms with Crippen LogP contribution in [0.15, 0.2) is 0 Å². The maximum Gasteiger partial charge on any atom is 0.317 e. The molecule has 78 valence electrons. The first-order valence-electron chi connectivity index (χ1n) is 4.77. The van der Waals surface area contributed by atoms with Crippen molar-refractivity contribution in [3.63, 3.8) is 0 Å². The molecule has 4 heteroatoms. The number of urea groups is 1. The summed E-state index contributed by atoms with van der Waals surface area (Å²) in [5.74, 6) is 0. The molecule has 1 N–H and O–H groups in total. The van der Waals surface area contributed by atoms with Crippen LogP contribution in [-0.2, 0) is 4.74 Å². The first kappa shape index (κ1) is 12.2. The van der Waals surface area contributed by atoms with Gasteiger partial charge in [0, 0.05) is 26.7 Å². The predicted octanol–water partition coefficient (Wildman–Crippen LogP) is 1.07. The van der Waals surface area contributed by atoms with Crippen LogP contribution in [-0.4, -0.2) is 44.3 Å². The molecule has 0 aliphatic heterocycles. The van der Waals surface area contributed by atoms with E-state index in [0.717, 1.165) is 19.5 Å². The summed E-state index contributed by atoms with van der Waals surface area (Å²) in [6.07, 6.45) is 0.966. The Bertz CT molecular complexity index is 140. The topological polar surface area (TPSA) is 41.6 Å². The van der Waals surface area contributed by atoms with Crippen molar-refractivity contribution in [3.05, 3.63) is 0 Å². The van der Waals surface area contributed by atoms with Gasteiger partial charge in [-0.15, -0.1) is 0 Å². The van der Waals surface area contributed by atoms with E-state index >= 15 is 0 Å². The Labute approximate surface area is 80.2 Å². The number of likely N-dealkylation sites (N-methyl/N-ethyl adjacent to an activating group) is 1. The van der Waals surface area contributed by atoms with Crippen molar-refractivity contribution < 1.29 is 9.53 Å². The van der Waals surface area contributed by atoms with E-state index in [4.69, 9.17) is 4.74 Å². The Hall–Kier alpha value is -0.770. The molecule has 0 saturated carbocycles. The smallest absolute Gasteiger partial charge is 0.317 e. The molecule has 2 amide bonds. The molecule has 0 aliphatic rings. The lowest BCUT2D eigenvalue weighted by molar-refractivity contribution is 0.151. The molecule has 0 rings (SSSR count). The average molecular weight is 188 g/mol. The van der Waals surface area contributed by atoms with Crippen molar-refractivity contribution in [1.82, 2.24) is 10.2 Å². The first-order valence-corrected chi connectivity index (χ1v) is 4.77. The van der Waals surface area contributed by atoms with Gasteiger partial charge in [0.05, 0.1) is 6.61 Å². The van der Waals surface area contributed by atoms with Gasteiger partial charge in [0.15, 0.2) is 0 Å². The highest BCUT2D eigenvalue weighted by Crippen LogP contribution is 1.89. The van der Waals surface area contributed by atoms with E-state index in [-0.39, 0.29) is 6.03 Å². The molecule has 0 spiro atoms. The Morgan fingerprint density at radius 2 is 2.15 bits per heavy atom. The van der Waals surface area contributed by atoms with E-state index in [1.54, 1.807) is 12.0 Å². The molecule has 0 atom stereocenters. The average Bonchev–Trinajstić information content (AvgIpc) is 2.16. The van der Waals surface area contributed by atoms with E-state index < -0.39 is 0 Å². The minimum Gasteiger partial charge on any atom is -0.383 e. The van der Waals surface area contributed by atoms with Crippen molar-refractivity contribution in [3.8, 4) is 0 Å². The van der Waals surface area contributed by atoms with Crippen LogP contribution in [0, 0.1) is 0 Å². The molecule has 0 aromatic carbocycles. The summed E-state index contributed by atoms with van der Waals surface area (Å²) in [5.41, 5.74) is 0. The second kappa shape index (κ2) is 7.86. The van der Waals surface area contributed by atoms with Crippen molar-refractivity contribution in [2.45, 2.75) is 20.3 Å². The van der Waals surface area contributed by atoms with Gasteiger partial charge < -0.3 is 15.0 Å². The van der Waals surface area contributed by atoms with Gasteiger partial charge in [-0.25, -0.2) is 4.79 Å². The molecule has 0 unspecified atom stereocenters. The van der Waals surface area contributed by atoms with Gasteiger partial charge in [0.1, 0.15) is 0 Å². The molecule has 0 saturated heterocycles. The lowest BCUT2D eigenvalue weighted by Gasteiger charge is -2.20. The summed E-state index contributed by atoms with van der Waals surface area (Å²) in [6.45, 7) is 6.70. The number of ether oxygens (including phenoxy) is 1. The van der Waals surface area contributed by atoms with E-state index in [1.807, 2.05) is 13.8 Å². The third kappa shape index (κ3) is 5.47. The second-order valence-corrected chi connectivity index (χ2v) is 2.80. The molecule has 0 bridgehead atoms. The SMILES string of the molecule is CCCNC(=O)N(CC)CCOC. The Morgan fingerprint density at radius 1 is 1.46 bits per heavy atom. The molecule has 13 heavy (non-hydrogen) atoms. The quantitative estimate of drug-likeness (QED) is 0.677. The molecule has 0 heterocycles. The fraction of sp³-hybridized carbons (Fsp3) is 0.889. The van der Waals surface area contributed by atoms with Gasteiger partial charge in [0.25, 0.3) is 0 Å². The summed E-state index contributed by atoms with van der Waals surface area (Å²) in [5, 5.41) is 2.82. The van der Waals surface area contributed by atoms with E-state index in [9.17, 15) is 4.79 Å². The van der Waals surface area contributed by atoms with E-state index in [2.05, 4.69) is 5.32 Å². The fourth-order valence-corrected chi connectivity index (χ4v) is 0.948. The number of hydrogen-bond acceptors (Lipinski definition) is 2. The molecule has 0 aromatic rings. The fourth-order valence-electron chi connectivity index (χ4n) is 0.948. The minimum absolute atomic E-state index is 0.00130. The maximum atomic E-state index is 11.4. The van der Waals surface area contributed by atoms with Crippen molar-refractivity contribution in [2.75, 3.05) is 33.4 Å².